The molecule has 1 atom stereocenters. The van der Waals surface area contributed by atoms with Crippen LogP contribution < -0.4 is 5.32 Å². The summed E-state index contributed by atoms with van der Waals surface area (Å²) in [5.74, 6) is -1.13. The molecular formula is C29H32Cl2N6O7S. The molecule has 0 bridgehead atoms. The van der Waals surface area contributed by atoms with Crippen molar-refractivity contribution in [1.29, 1.82) is 5.26 Å². The van der Waals surface area contributed by atoms with Crippen LogP contribution in [0.2, 0.25) is 10.0 Å². The van der Waals surface area contributed by atoms with Crippen molar-refractivity contribution >= 4 is 62.4 Å². The topological polar surface area (TPSA) is 196 Å². The van der Waals surface area contributed by atoms with Crippen molar-refractivity contribution in [3.8, 4) is 11.8 Å². The maximum atomic E-state index is 12.1. The number of nitrogens with zero attached hydrogens (tertiary/aromatic N) is 5. The van der Waals surface area contributed by atoms with Gasteiger partial charge in [0.1, 0.15) is 23.0 Å². The van der Waals surface area contributed by atoms with Gasteiger partial charge < -0.3 is 10.2 Å². The van der Waals surface area contributed by atoms with E-state index in [4.69, 9.17) is 28.5 Å². The lowest BCUT2D eigenvalue weighted by molar-refractivity contribution is -0.234. The highest BCUT2D eigenvalue weighted by molar-refractivity contribution is 7.85. The van der Waals surface area contributed by atoms with Gasteiger partial charge in [-0.25, -0.2) is 9.48 Å². The highest BCUT2D eigenvalue weighted by Crippen LogP contribution is 2.40. The van der Waals surface area contributed by atoms with Crippen molar-refractivity contribution < 1.29 is 32.7 Å². The van der Waals surface area contributed by atoms with Crippen LogP contribution >= 0.6 is 23.2 Å². The van der Waals surface area contributed by atoms with Gasteiger partial charge in [-0.2, -0.15) is 24.0 Å². The average Bonchev–Trinajstić information content (AvgIpc) is 3.32. The number of rotatable bonds is 11. The van der Waals surface area contributed by atoms with Gasteiger partial charge in [0.2, 0.25) is 5.91 Å². The lowest BCUT2D eigenvalue weighted by Gasteiger charge is -2.17. The van der Waals surface area contributed by atoms with Crippen molar-refractivity contribution in [2.75, 3.05) is 5.32 Å². The number of amides is 1. The third-order valence-electron chi connectivity index (χ3n) is 6.77. The Labute approximate surface area is 270 Å². The van der Waals surface area contributed by atoms with Gasteiger partial charge in [0.25, 0.3) is 10.1 Å². The molecule has 3 aromatic rings. The van der Waals surface area contributed by atoms with Crippen LogP contribution in [0.1, 0.15) is 83.0 Å². The number of aromatic nitrogens is 2. The van der Waals surface area contributed by atoms with Crippen LogP contribution in [0.5, 0.6) is 0 Å². The Kier molecular flexibility index (Phi) is 11.5. The largest absolute Gasteiger partial charge is 0.342 e. The minimum absolute atomic E-state index is 0.0000158. The smallest absolute Gasteiger partial charge is 0.324 e. The molecule has 1 amide bonds. The summed E-state index contributed by atoms with van der Waals surface area (Å²) in [6, 6.07) is 9.30. The lowest BCUT2D eigenvalue weighted by Crippen LogP contribution is -2.14. The van der Waals surface area contributed by atoms with Gasteiger partial charge in [-0.05, 0) is 55.0 Å². The van der Waals surface area contributed by atoms with E-state index in [9.17, 15) is 27.8 Å². The molecule has 0 fully saturated rings. The van der Waals surface area contributed by atoms with E-state index in [1.807, 2.05) is 33.8 Å². The summed E-state index contributed by atoms with van der Waals surface area (Å²) in [5.41, 5.74) is 1.19. The van der Waals surface area contributed by atoms with Gasteiger partial charge in [0.15, 0.2) is 5.82 Å². The van der Waals surface area contributed by atoms with Gasteiger partial charge in [-0.1, -0.05) is 57.0 Å². The van der Waals surface area contributed by atoms with E-state index in [1.54, 1.807) is 12.1 Å². The molecule has 0 aliphatic heterocycles. The number of carbonyl (C=O) groups is 2. The first-order valence-corrected chi connectivity index (χ1v) is 15.9. The maximum absolute atomic E-state index is 12.1. The number of nitrogens with one attached hydrogen (secondary N) is 1. The summed E-state index contributed by atoms with van der Waals surface area (Å²) in [7, 11) is -4.63. The number of hydrogen-bond acceptors (Lipinski definition) is 10. The van der Waals surface area contributed by atoms with Crippen LogP contribution in [-0.2, 0) is 30.0 Å². The zero-order valence-corrected chi connectivity index (χ0v) is 27.5. The van der Waals surface area contributed by atoms with Crippen LogP contribution in [0.25, 0.3) is 5.69 Å². The molecule has 0 aliphatic rings. The predicted molar refractivity (Wildman–Crippen MR) is 167 cm³/mol. The molecule has 3 N–H and O–H groups in total. The molecule has 13 nitrogen and oxygen atoms in total. The summed E-state index contributed by atoms with van der Waals surface area (Å²) < 4.78 is 34.1. The van der Waals surface area contributed by atoms with Gasteiger partial charge in [-0.15, -0.1) is 10.2 Å². The van der Waals surface area contributed by atoms with Crippen molar-refractivity contribution in [3.63, 3.8) is 0 Å². The van der Waals surface area contributed by atoms with Gasteiger partial charge in [0, 0.05) is 18.8 Å². The van der Waals surface area contributed by atoms with E-state index in [0.29, 0.717) is 24.2 Å². The molecule has 1 aromatic heterocycles. The average molecular weight is 680 g/mol. The van der Waals surface area contributed by atoms with Crippen LogP contribution in [0.4, 0.5) is 17.2 Å². The SMILES string of the molecule is CCC(CCCC(=O)OO)c1ccc(N=Nc2c(C#N)c(C(C)(C)C)nn2-c2c(Cl)cc(S(=O)(=O)O)cc2Cl)c(NC(C)=O)c1. The second-order valence-electron chi connectivity index (χ2n) is 11.1. The lowest BCUT2D eigenvalue weighted by atomic mass is 9.90. The third-order valence-corrected chi connectivity index (χ3v) is 8.17. The predicted octanol–water partition coefficient (Wildman–Crippen LogP) is 7.65. The summed E-state index contributed by atoms with van der Waals surface area (Å²) in [5, 5.41) is 34.3. The number of azo groups is 1. The Hall–Kier alpha value is -3.87. The van der Waals surface area contributed by atoms with E-state index >= 15 is 0 Å². The molecule has 1 unspecified atom stereocenters. The van der Waals surface area contributed by atoms with Crippen molar-refractivity contribution in [2.24, 2.45) is 10.2 Å². The molecule has 0 spiro atoms. The quantitative estimate of drug-likeness (QED) is 0.0789. The van der Waals surface area contributed by atoms with Crippen molar-refractivity contribution in [1.82, 2.24) is 9.78 Å². The standard InChI is InChI=1S/C29H32Cl2N6O7S/c1-6-17(8-7-9-25(39)44-40)18-10-11-23(24(12-18)33-16(2)38)34-35-28-20(15-32)27(29(3,4)5)36-37(28)26-21(30)13-19(14-22(26)31)45(41,42)43/h10-14,17,40H,6-9H2,1-5H3,(H,33,38)(H,41,42,43). The molecule has 0 saturated heterocycles. The van der Waals surface area contributed by atoms with E-state index in [0.717, 1.165) is 24.1 Å². The Balaban J connectivity index is 2.17. The summed E-state index contributed by atoms with van der Waals surface area (Å²) in [6.07, 6.45) is 1.87. The Morgan fingerprint density at radius 3 is 2.33 bits per heavy atom. The highest BCUT2D eigenvalue weighted by atomic mass is 35.5. The molecule has 16 heteroatoms. The first-order valence-electron chi connectivity index (χ1n) is 13.7. The fraction of sp³-hybridized carbons (Fsp3) is 0.379. The first-order chi connectivity index (χ1) is 21.0. The third kappa shape index (κ3) is 8.65. The minimum Gasteiger partial charge on any atom is -0.324 e. The van der Waals surface area contributed by atoms with Crippen molar-refractivity contribution in [3.05, 3.63) is 57.2 Å². The van der Waals surface area contributed by atoms with E-state index < -0.39 is 26.4 Å². The fourth-order valence-electron chi connectivity index (χ4n) is 4.61. The zero-order valence-electron chi connectivity index (χ0n) is 25.1. The molecule has 0 saturated carbocycles. The van der Waals surface area contributed by atoms with E-state index in [2.05, 4.69) is 31.6 Å². The monoisotopic (exact) mass is 678 g/mol. The Morgan fingerprint density at radius 2 is 1.82 bits per heavy atom. The Morgan fingerprint density at radius 1 is 1.18 bits per heavy atom. The summed E-state index contributed by atoms with van der Waals surface area (Å²) in [6.45, 7) is 8.81. The van der Waals surface area contributed by atoms with Crippen LogP contribution in [0, 0.1) is 11.3 Å². The summed E-state index contributed by atoms with van der Waals surface area (Å²) >= 11 is 12.9. The maximum Gasteiger partial charge on any atom is 0.342 e. The minimum atomic E-state index is -4.63. The molecule has 2 aromatic carbocycles. The molecule has 0 aliphatic carbocycles. The van der Waals surface area contributed by atoms with Crippen LogP contribution in [0.3, 0.4) is 0 Å². The molecular weight excluding hydrogens is 647 g/mol. The van der Waals surface area contributed by atoms with Gasteiger partial charge in [0.05, 0.1) is 26.3 Å². The zero-order chi connectivity index (χ0) is 33.7. The fourth-order valence-corrected chi connectivity index (χ4v) is 5.92. The number of benzene rings is 2. The van der Waals surface area contributed by atoms with E-state index in [-0.39, 0.29) is 51.0 Å². The molecule has 0 radical (unpaired) electrons. The molecule has 240 valence electrons. The molecule has 1 heterocycles. The molecule has 45 heavy (non-hydrogen) atoms. The highest BCUT2D eigenvalue weighted by Gasteiger charge is 2.30. The summed E-state index contributed by atoms with van der Waals surface area (Å²) in [4.78, 5) is 26.6. The van der Waals surface area contributed by atoms with Crippen molar-refractivity contribution in [2.45, 2.75) is 76.5 Å². The number of anilines is 1. The van der Waals surface area contributed by atoms with E-state index in [1.165, 1.54) is 11.6 Å². The second kappa shape index (κ2) is 14.5. The number of halogens is 2. The number of hydrogen-bond donors (Lipinski definition) is 3. The second-order valence-corrected chi connectivity index (χ2v) is 13.4. The number of carbonyl (C=O) groups excluding carboxylic acids is 2. The van der Waals surface area contributed by atoms with Crippen LogP contribution in [-0.4, -0.2) is 39.9 Å². The first kappa shape index (κ1) is 35.6. The molecule has 3 rings (SSSR count). The number of nitriles is 1. The van der Waals surface area contributed by atoms with Gasteiger partial charge >= 0.3 is 5.97 Å². The van der Waals surface area contributed by atoms with Gasteiger partial charge in [-0.3, -0.25) is 9.35 Å². The van der Waals surface area contributed by atoms with Crippen LogP contribution in [0.15, 0.2) is 45.5 Å². The Bertz CT molecular complexity index is 1770. The normalized spacial score (nSPS) is 12.6.